The van der Waals surface area contributed by atoms with Gasteiger partial charge in [0.2, 0.25) is 5.91 Å². The molecule has 1 aliphatic rings. The first kappa shape index (κ1) is 22.9. The number of rotatable bonds is 8. The lowest BCUT2D eigenvalue weighted by Crippen LogP contribution is -2.49. The molecule has 33 heavy (non-hydrogen) atoms. The van der Waals surface area contributed by atoms with Crippen molar-refractivity contribution in [2.24, 2.45) is 11.7 Å². The molecule has 1 aliphatic heterocycles. The van der Waals surface area contributed by atoms with E-state index in [1.165, 1.54) is 5.56 Å². The molecule has 0 spiro atoms. The van der Waals surface area contributed by atoms with Gasteiger partial charge >= 0.3 is 0 Å². The normalized spacial score (nSPS) is 17.1. The number of amides is 1. The third-order valence-electron chi connectivity index (χ3n) is 6.61. The minimum atomic E-state index is -0.529. The van der Waals surface area contributed by atoms with E-state index in [4.69, 9.17) is 11.5 Å². The zero-order valence-corrected chi connectivity index (χ0v) is 19.0. The molecule has 4 N–H and O–H groups in total. The lowest BCUT2D eigenvalue weighted by molar-refractivity contribution is -0.136. The molecule has 0 radical (unpaired) electrons. The SMILES string of the molecule is Nc1nccc2cc(CCC(=O)[C@@H]3CCCN(C(=O)[C@H](N)CCc4ccccc4)C3)ccc12. The molecule has 1 saturated heterocycles. The summed E-state index contributed by atoms with van der Waals surface area (Å²) >= 11 is 0. The fourth-order valence-corrected chi connectivity index (χ4v) is 4.64. The number of anilines is 1. The first-order chi connectivity index (χ1) is 16.0. The predicted molar refractivity (Wildman–Crippen MR) is 132 cm³/mol. The van der Waals surface area contributed by atoms with Crippen LogP contribution >= 0.6 is 0 Å². The number of hydrogen-bond donors (Lipinski definition) is 2. The van der Waals surface area contributed by atoms with Crippen LogP contribution < -0.4 is 11.5 Å². The Balaban J connectivity index is 1.29. The molecule has 0 saturated carbocycles. The minimum Gasteiger partial charge on any atom is -0.383 e. The van der Waals surface area contributed by atoms with Crippen molar-refractivity contribution in [3.05, 3.63) is 71.9 Å². The van der Waals surface area contributed by atoms with E-state index in [9.17, 15) is 9.59 Å². The fraction of sp³-hybridized carbons (Fsp3) is 0.370. The Hall–Kier alpha value is -3.25. The average Bonchev–Trinajstić information content (AvgIpc) is 2.86. The summed E-state index contributed by atoms with van der Waals surface area (Å²) in [5, 5.41) is 1.96. The average molecular weight is 445 g/mol. The van der Waals surface area contributed by atoms with Gasteiger partial charge in [-0.25, -0.2) is 4.98 Å². The van der Waals surface area contributed by atoms with E-state index in [0.717, 1.165) is 35.6 Å². The molecular formula is C27H32N4O2. The van der Waals surface area contributed by atoms with Crippen LogP contribution in [0.5, 0.6) is 0 Å². The third kappa shape index (κ3) is 5.76. The summed E-state index contributed by atoms with van der Waals surface area (Å²) < 4.78 is 0. The number of aromatic nitrogens is 1. The second-order valence-electron chi connectivity index (χ2n) is 8.97. The molecule has 4 rings (SSSR count). The largest absolute Gasteiger partial charge is 0.383 e. The van der Waals surface area contributed by atoms with Gasteiger partial charge in [0.05, 0.1) is 6.04 Å². The Morgan fingerprint density at radius 2 is 1.88 bits per heavy atom. The first-order valence-corrected chi connectivity index (χ1v) is 11.8. The molecule has 1 fully saturated rings. The lowest BCUT2D eigenvalue weighted by Gasteiger charge is -2.33. The van der Waals surface area contributed by atoms with E-state index < -0.39 is 6.04 Å². The highest BCUT2D eigenvalue weighted by Gasteiger charge is 2.30. The quantitative estimate of drug-likeness (QED) is 0.553. The van der Waals surface area contributed by atoms with Gasteiger partial charge in [0.1, 0.15) is 11.6 Å². The molecule has 2 heterocycles. The topological polar surface area (TPSA) is 102 Å². The fourth-order valence-electron chi connectivity index (χ4n) is 4.64. The van der Waals surface area contributed by atoms with Crippen LogP contribution in [0, 0.1) is 5.92 Å². The van der Waals surface area contributed by atoms with Crippen molar-refractivity contribution in [3.63, 3.8) is 0 Å². The highest BCUT2D eigenvalue weighted by atomic mass is 16.2. The number of likely N-dealkylation sites (tertiary alicyclic amines) is 1. The molecule has 6 heteroatoms. The Labute approximate surface area is 195 Å². The summed E-state index contributed by atoms with van der Waals surface area (Å²) in [6.45, 7) is 1.17. The van der Waals surface area contributed by atoms with Gasteiger partial charge in [-0.2, -0.15) is 0 Å². The maximum absolute atomic E-state index is 12.9. The van der Waals surface area contributed by atoms with Gasteiger partial charge in [0.25, 0.3) is 0 Å². The van der Waals surface area contributed by atoms with Crippen LogP contribution in [0.4, 0.5) is 5.82 Å². The van der Waals surface area contributed by atoms with Crippen LogP contribution in [-0.2, 0) is 22.4 Å². The van der Waals surface area contributed by atoms with Crippen molar-refractivity contribution in [2.45, 2.75) is 44.6 Å². The Morgan fingerprint density at radius 1 is 1.06 bits per heavy atom. The van der Waals surface area contributed by atoms with Crippen molar-refractivity contribution in [1.82, 2.24) is 9.88 Å². The number of benzene rings is 2. The van der Waals surface area contributed by atoms with Crippen LogP contribution in [0.2, 0.25) is 0 Å². The zero-order valence-electron chi connectivity index (χ0n) is 19.0. The lowest BCUT2D eigenvalue weighted by atomic mass is 9.90. The summed E-state index contributed by atoms with van der Waals surface area (Å²) in [4.78, 5) is 31.7. The zero-order chi connectivity index (χ0) is 23.2. The van der Waals surface area contributed by atoms with Crippen molar-refractivity contribution >= 4 is 28.3 Å². The van der Waals surface area contributed by atoms with Crippen molar-refractivity contribution in [3.8, 4) is 0 Å². The molecule has 0 aliphatic carbocycles. The summed E-state index contributed by atoms with van der Waals surface area (Å²) in [6.07, 6.45) is 5.91. The molecule has 1 aromatic heterocycles. The number of ketones is 1. The maximum atomic E-state index is 12.9. The van der Waals surface area contributed by atoms with E-state index in [2.05, 4.69) is 11.1 Å². The molecule has 172 valence electrons. The third-order valence-corrected chi connectivity index (χ3v) is 6.61. The van der Waals surface area contributed by atoms with E-state index >= 15 is 0 Å². The van der Waals surface area contributed by atoms with Crippen LogP contribution in [0.3, 0.4) is 0 Å². The number of carbonyl (C=O) groups excluding carboxylic acids is 2. The summed E-state index contributed by atoms with van der Waals surface area (Å²) in [7, 11) is 0. The standard InChI is InChI=1S/C27H32N4O2/c28-24(12-9-19-5-2-1-3-6-19)27(33)31-16-4-7-22(18-31)25(32)13-10-20-8-11-23-21(17-20)14-15-30-26(23)29/h1-3,5-6,8,11,14-15,17,22,24H,4,7,9-10,12-13,16,18,28H2,(H2,29,30)/t22-,24-/m1/s1. The first-order valence-electron chi connectivity index (χ1n) is 11.8. The van der Waals surface area contributed by atoms with Gasteiger partial charge in [0.15, 0.2) is 0 Å². The number of pyridine rings is 1. The van der Waals surface area contributed by atoms with Crippen molar-refractivity contribution in [1.29, 1.82) is 0 Å². The second kappa shape index (κ2) is 10.6. The maximum Gasteiger partial charge on any atom is 0.239 e. The summed E-state index contributed by atoms with van der Waals surface area (Å²) in [5.41, 5.74) is 14.4. The molecule has 0 bridgehead atoms. The number of hydrogen-bond acceptors (Lipinski definition) is 5. The van der Waals surface area contributed by atoms with Gasteiger partial charge in [-0.15, -0.1) is 0 Å². The molecule has 1 amide bonds. The van der Waals surface area contributed by atoms with Crippen LogP contribution in [0.15, 0.2) is 60.8 Å². The summed E-state index contributed by atoms with van der Waals surface area (Å²) in [5.74, 6) is 0.595. The number of fused-ring (bicyclic) bond motifs is 1. The van der Waals surface area contributed by atoms with Crippen molar-refractivity contribution in [2.75, 3.05) is 18.8 Å². The van der Waals surface area contributed by atoms with E-state index in [1.807, 2.05) is 48.5 Å². The van der Waals surface area contributed by atoms with Gasteiger partial charge in [0, 0.05) is 37.0 Å². The van der Waals surface area contributed by atoms with Crippen molar-refractivity contribution < 1.29 is 9.59 Å². The van der Waals surface area contributed by atoms with E-state index in [1.54, 1.807) is 11.1 Å². The Kier molecular flexibility index (Phi) is 7.35. The predicted octanol–water partition coefficient (Wildman–Crippen LogP) is 3.52. The molecular weight excluding hydrogens is 412 g/mol. The number of piperidine rings is 1. The Morgan fingerprint density at radius 3 is 2.70 bits per heavy atom. The van der Waals surface area contributed by atoms with E-state index in [-0.39, 0.29) is 17.6 Å². The molecule has 2 aromatic carbocycles. The van der Waals surface area contributed by atoms with Crippen LogP contribution in [0.25, 0.3) is 10.8 Å². The smallest absolute Gasteiger partial charge is 0.239 e. The molecule has 6 nitrogen and oxygen atoms in total. The molecule has 3 aromatic rings. The second-order valence-corrected chi connectivity index (χ2v) is 8.97. The number of nitrogen functional groups attached to an aromatic ring is 1. The number of Topliss-reactive ketones (excluding diaryl/α,β-unsaturated/α-hetero) is 1. The monoisotopic (exact) mass is 444 g/mol. The van der Waals surface area contributed by atoms with Gasteiger partial charge in [-0.3, -0.25) is 9.59 Å². The highest BCUT2D eigenvalue weighted by Crippen LogP contribution is 2.23. The summed E-state index contributed by atoms with van der Waals surface area (Å²) in [6, 6.07) is 17.5. The highest BCUT2D eigenvalue weighted by molar-refractivity contribution is 5.91. The number of carbonyl (C=O) groups is 2. The van der Waals surface area contributed by atoms with Crippen LogP contribution in [-0.4, -0.2) is 40.7 Å². The van der Waals surface area contributed by atoms with Gasteiger partial charge in [-0.05, 0) is 54.7 Å². The van der Waals surface area contributed by atoms with E-state index in [0.29, 0.717) is 38.2 Å². The molecule has 0 unspecified atom stereocenters. The Bertz CT molecular complexity index is 1120. The number of nitrogens with two attached hydrogens (primary N) is 2. The van der Waals surface area contributed by atoms with Gasteiger partial charge < -0.3 is 16.4 Å². The number of nitrogens with zero attached hydrogens (tertiary/aromatic N) is 2. The van der Waals surface area contributed by atoms with Gasteiger partial charge in [-0.1, -0.05) is 48.5 Å². The molecule has 2 atom stereocenters. The number of aryl methyl sites for hydroxylation is 2. The van der Waals surface area contributed by atoms with Crippen LogP contribution in [0.1, 0.15) is 36.8 Å². The minimum absolute atomic E-state index is 0.0378.